The molecule has 1 aromatic rings. The summed E-state index contributed by atoms with van der Waals surface area (Å²) in [5.74, 6) is -0.290. The normalized spacial score (nSPS) is 17.6. The van der Waals surface area contributed by atoms with Crippen LogP contribution in [0.3, 0.4) is 0 Å². The number of aryl methyl sites for hydroxylation is 1. The van der Waals surface area contributed by atoms with Gasteiger partial charge in [-0.2, -0.15) is 5.10 Å². The Bertz CT molecular complexity index is 447. The number of carbonyl (C=O) groups excluding carboxylic acids is 1. The lowest BCUT2D eigenvalue weighted by Gasteiger charge is -2.29. The van der Waals surface area contributed by atoms with Crippen LogP contribution in [0.5, 0.6) is 0 Å². The minimum atomic E-state index is -0.290. The molecule has 0 spiro atoms. The number of hydrogen-bond acceptors (Lipinski definition) is 3. The molecule has 1 aromatic heterocycles. The zero-order valence-electron chi connectivity index (χ0n) is 11.0. The largest absolute Gasteiger partial charge is 0.461 e. The fourth-order valence-electron chi connectivity index (χ4n) is 2.49. The van der Waals surface area contributed by atoms with Crippen LogP contribution in [0.15, 0.2) is 0 Å². The van der Waals surface area contributed by atoms with Gasteiger partial charge >= 0.3 is 5.97 Å². The second-order valence-electron chi connectivity index (χ2n) is 5.46. The average Bonchev–Trinajstić information content (AvgIpc) is 2.54. The summed E-state index contributed by atoms with van der Waals surface area (Å²) in [4.78, 5) is 11.8. The third-order valence-electron chi connectivity index (χ3n) is 3.44. The highest BCUT2D eigenvalue weighted by Crippen LogP contribution is 2.36. The summed E-state index contributed by atoms with van der Waals surface area (Å²) in [6.45, 7) is 6.68. The van der Waals surface area contributed by atoms with E-state index in [1.54, 1.807) is 0 Å². The van der Waals surface area contributed by atoms with Crippen molar-refractivity contribution in [3.05, 3.63) is 17.0 Å². The zero-order chi connectivity index (χ0) is 12.6. The van der Waals surface area contributed by atoms with Gasteiger partial charge in [0.15, 0.2) is 5.69 Å². The third-order valence-corrected chi connectivity index (χ3v) is 3.44. The van der Waals surface area contributed by atoms with E-state index in [0.29, 0.717) is 12.3 Å². The summed E-state index contributed by atoms with van der Waals surface area (Å²) in [6.07, 6.45) is 3.04. The van der Waals surface area contributed by atoms with Crippen LogP contribution in [0, 0.1) is 5.41 Å². The van der Waals surface area contributed by atoms with E-state index in [9.17, 15) is 4.79 Å². The molecule has 1 aliphatic carbocycles. The van der Waals surface area contributed by atoms with Crippen molar-refractivity contribution in [2.24, 2.45) is 12.5 Å². The number of esters is 1. The van der Waals surface area contributed by atoms with Crippen LogP contribution in [-0.4, -0.2) is 22.4 Å². The van der Waals surface area contributed by atoms with Gasteiger partial charge in [0.25, 0.3) is 0 Å². The molecule has 2 rings (SSSR count). The predicted octanol–water partition coefficient (Wildman–Crippen LogP) is 2.11. The highest BCUT2D eigenvalue weighted by Gasteiger charge is 2.32. The van der Waals surface area contributed by atoms with Crippen molar-refractivity contribution >= 4 is 5.97 Å². The van der Waals surface area contributed by atoms with Crippen molar-refractivity contribution in [1.29, 1.82) is 0 Å². The topological polar surface area (TPSA) is 44.1 Å². The molecule has 0 atom stereocenters. The van der Waals surface area contributed by atoms with E-state index in [0.717, 1.165) is 24.8 Å². The van der Waals surface area contributed by atoms with E-state index in [1.165, 1.54) is 5.69 Å². The Balaban J connectivity index is 2.39. The molecule has 1 heterocycles. The minimum absolute atomic E-state index is 0.247. The van der Waals surface area contributed by atoms with Gasteiger partial charge < -0.3 is 4.74 Å². The Morgan fingerprint density at radius 2 is 2.24 bits per heavy atom. The summed E-state index contributed by atoms with van der Waals surface area (Å²) >= 11 is 0. The lowest BCUT2D eigenvalue weighted by molar-refractivity contribution is 0.0516. The van der Waals surface area contributed by atoms with E-state index >= 15 is 0 Å². The van der Waals surface area contributed by atoms with Crippen LogP contribution in [0.1, 0.15) is 48.9 Å². The summed E-state index contributed by atoms with van der Waals surface area (Å²) in [6, 6.07) is 0. The van der Waals surface area contributed by atoms with Crippen molar-refractivity contribution in [1.82, 2.24) is 9.78 Å². The molecule has 0 unspecified atom stereocenters. The molecule has 0 radical (unpaired) electrons. The highest BCUT2D eigenvalue weighted by molar-refractivity contribution is 5.89. The van der Waals surface area contributed by atoms with Gasteiger partial charge in [0.2, 0.25) is 0 Å². The number of nitrogens with zero attached hydrogens (tertiary/aromatic N) is 2. The first-order chi connectivity index (χ1) is 7.94. The maximum absolute atomic E-state index is 11.8. The standard InChI is InChI=1S/C13H20N2O2/c1-5-17-12(16)11-9-8-13(2,3)7-6-10(9)15(4)14-11/h5-8H2,1-4H3. The zero-order valence-corrected chi connectivity index (χ0v) is 11.0. The Morgan fingerprint density at radius 1 is 1.53 bits per heavy atom. The van der Waals surface area contributed by atoms with Crippen LogP contribution in [0.4, 0.5) is 0 Å². The fraction of sp³-hybridized carbons (Fsp3) is 0.692. The Hall–Kier alpha value is -1.32. The Labute approximate surface area is 102 Å². The Kier molecular flexibility index (Phi) is 2.98. The van der Waals surface area contributed by atoms with Gasteiger partial charge in [-0.3, -0.25) is 4.68 Å². The maximum Gasteiger partial charge on any atom is 0.359 e. The lowest BCUT2D eigenvalue weighted by Crippen LogP contribution is -2.24. The molecule has 0 bridgehead atoms. The number of rotatable bonds is 2. The van der Waals surface area contributed by atoms with Crippen LogP contribution in [0.2, 0.25) is 0 Å². The van der Waals surface area contributed by atoms with Crippen molar-refractivity contribution in [3.8, 4) is 0 Å². The van der Waals surface area contributed by atoms with Gasteiger partial charge in [0, 0.05) is 18.3 Å². The smallest absolute Gasteiger partial charge is 0.359 e. The molecule has 1 aliphatic rings. The second-order valence-corrected chi connectivity index (χ2v) is 5.46. The molecule has 0 saturated heterocycles. The average molecular weight is 236 g/mol. The number of aromatic nitrogens is 2. The molecule has 0 N–H and O–H groups in total. The molecular weight excluding hydrogens is 216 g/mol. The molecule has 0 amide bonds. The van der Waals surface area contributed by atoms with Gasteiger partial charge in [-0.15, -0.1) is 0 Å². The first-order valence-corrected chi connectivity index (χ1v) is 6.16. The molecule has 0 aromatic carbocycles. The van der Waals surface area contributed by atoms with Crippen molar-refractivity contribution in [3.63, 3.8) is 0 Å². The number of hydrogen-bond donors (Lipinski definition) is 0. The molecule has 94 valence electrons. The maximum atomic E-state index is 11.8. The van der Waals surface area contributed by atoms with Gasteiger partial charge in [-0.25, -0.2) is 4.79 Å². The van der Waals surface area contributed by atoms with Crippen molar-refractivity contribution < 1.29 is 9.53 Å². The molecule has 0 aliphatic heterocycles. The van der Waals surface area contributed by atoms with E-state index in [2.05, 4.69) is 18.9 Å². The molecule has 4 heteroatoms. The quantitative estimate of drug-likeness (QED) is 0.739. The second kappa shape index (κ2) is 4.17. The summed E-state index contributed by atoms with van der Waals surface area (Å²) in [5, 5.41) is 4.32. The first kappa shape index (κ1) is 12.1. The summed E-state index contributed by atoms with van der Waals surface area (Å²) in [5.41, 5.74) is 3.03. The van der Waals surface area contributed by atoms with Crippen LogP contribution >= 0.6 is 0 Å². The SMILES string of the molecule is CCOC(=O)c1nn(C)c2c1CC(C)(C)CC2. The molecule has 4 nitrogen and oxygen atoms in total. The number of carbonyl (C=O) groups is 1. The van der Waals surface area contributed by atoms with E-state index < -0.39 is 0 Å². The van der Waals surface area contributed by atoms with E-state index in [4.69, 9.17) is 4.74 Å². The van der Waals surface area contributed by atoms with Gasteiger partial charge in [0.1, 0.15) is 0 Å². The van der Waals surface area contributed by atoms with Crippen molar-refractivity contribution in [2.45, 2.75) is 40.0 Å². The molecule has 0 saturated carbocycles. The predicted molar refractivity (Wildman–Crippen MR) is 65.0 cm³/mol. The molecular formula is C13H20N2O2. The van der Waals surface area contributed by atoms with Crippen molar-refractivity contribution in [2.75, 3.05) is 6.61 Å². The van der Waals surface area contributed by atoms with Crippen LogP contribution in [0.25, 0.3) is 0 Å². The Morgan fingerprint density at radius 3 is 2.88 bits per heavy atom. The van der Waals surface area contributed by atoms with Crippen LogP contribution < -0.4 is 0 Å². The number of fused-ring (bicyclic) bond motifs is 1. The van der Waals surface area contributed by atoms with E-state index in [1.807, 2.05) is 18.7 Å². The monoisotopic (exact) mass is 236 g/mol. The van der Waals surface area contributed by atoms with Crippen LogP contribution in [-0.2, 0) is 24.6 Å². The summed E-state index contributed by atoms with van der Waals surface area (Å²) < 4.78 is 6.89. The minimum Gasteiger partial charge on any atom is -0.461 e. The molecule has 17 heavy (non-hydrogen) atoms. The highest BCUT2D eigenvalue weighted by atomic mass is 16.5. The van der Waals surface area contributed by atoms with Gasteiger partial charge in [-0.1, -0.05) is 13.8 Å². The van der Waals surface area contributed by atoms with Gasteiger partial charge in [0.05, 0.1) is 6.61 Å². The molecule has 0 fully saturated rings. The van der Waals surface area contributed by atoms with E-state index in [-0.39, 0.29) is 11.4 Å². The fourth-order valence-corrected chi connectivity index (χ4v) is 2.49. The lowest BCUT2D eigenvalue weighted by atomic mass is 9.76. The summed E-state index contributed by atoms with van der Waals surface area (Å²) in [7, 11) is 1.90. The third kappa shape index (κ3) is 2.21. The van der Waals surface area contributed by atoms with Gasteiger partial charge in [-0.05, 0) is 31.6 Å². The first-order valence-electron chi connectivity index (χ1n) is 6.16. The number of ether oxygens (including phenoxy) is 1.